The third kappa shape index (κ3) is 3.93. The van der Waals surface area contributed by atoms with Crippen LogP contribution in [0.2, 0.25) is 0 Å². The average molecular weight is 420 g/mol. The summed E-state index contributed by atoms with van der Waals surface area (Å²) in [6.07, 6.45) is 8.02. The van der Waals surface area contributed by atoms with Gasteiger partial charge in [0.1, 0.15) is 5.75 Å². The molecule has 31 heavy (non-hydrogen) atoms. The van der Waals surface area contributed by atoms with E-state index in [4.69, 9.17) is 9.57 Å². The Balaban J connectivity index is 1.30. The van der Waals surface area contributed by atoms with Crippen molar-refractivity contribution in [2.75, 3.05) is 7.11 Å². The fraction of sp³-hybridized carbons (Fsp3) is 0.462. The zero-order valence-electron chi connectivity index (χ0n) is 17.9. The molecule has 2 aromatic rings. The Hall–Kier alpha value is -2.82. The summed E-state index contributed by atoms with van der Waals surface area (Å²) in [6.45, 7) is 0. The van der Waals surface area contributed by atoms with Crippen molar-refractivity contribution in [2.24, 2.45) is 17.8 Å². The fourth-order valence-corrected chi connectivity index (χ4v) is 6.68. The van der Waals surface area contributed by atoms with E-state index in [1.165, 1.54) is 44.1 Å². The fourth-order valence-electron chi connectivity index (χ4n) is 6.68. The first-order valence-electron chi connectivity index (χ1n) is 11.3. The molecule has 162 valence electrons. The second-order valence-electron chi connectivity index (χ2n) is 9.69. The number of rotatable bonds is 5. The molecule has 1 N–H and O–H groups in total. The molecule has 4 saturated carbocycles. The summed E-state index contributed by atoms with van der Waals surface area (Å²) < 4.78 is 5.75. The molecule has 6 rings (SSSR count). The molecule has 4 aliphatic rings. The molecule has 0 aliphatic heterocycles. The van der Waals surface area contributed by atoms with E-state index < -0.39 is 5.97 Å². The Morgan fingerprint density at radius 1 is 0.968 bits per heavy atom. The molecule has 0 atom stereocenters. The van der Waals surface area contributed by atoms with Crippen molar-refractivity contribution in [3.05, 3.63) is 65.2 Å². The lowest BCUT2D eigenvalue weighted by molar-refractivity contribution is -0.129. The molecule has 2 aromatic carbocycles. The first-order valence-corrected chi connectivity index (χ1v) is 11.3. The van der Waals surface area contributed by atoms with E-state index in [1.807, 2.05) is 18.2 Å². The molecule has 0 unspecified atom stereocenters. The van der Waals surface area contributed by atoms with Gasteiger partial charge >= 0.3 is 5.97 Å². The van der Waals surface area contributed by atoms with Crippen molar-refractivity contribution in [3.8, 4) is 5.75 Å². The van der Waals surface area contributed by atoms with E-state index in [0.717, 1.165) is 29.1 Å². The lowest BCUT2D eigenvalue weighted by Gasteiger charge is -2.57. The Labute approximate surface area is 183 Å². The quantitative estimate of drug-likeness (QED) is 0.720. The van der Waals surface area contributed by atoms with Gasteiger partial charge in [0.05, 0.1) is 19.1 Å². The monoisotopic (exact) mass is 419 g/mol. The average Bonchev–Trinajstić information content (AvgIpc) is 2.77. The van der Waals surface area contributed by atoms with Crippen molar-refractivity contribution in [1.82, 2.24) is 5.48 Å². The summed E-state index contributed by atoms with van der Waals surface area (Å²) >= 11 is 0. The smallest absolute Gasteiger partial charge is 0.362 e. The van der Waals surface area contributed by atoms with Gasteiger partial charge in [0.2, 0.25) is 0 Å². The van der Waals surface area contributed by atoms with Crippen molar-refractivity contribution >= 4 is 11.9 Å². The van der Waals surface area contributed by atoms with Gasteiger partial charge in [-0.3, -0.25) is 4.79 Å². The van der Waals surface area contributed by atoms with Crippen molar-refractivity contribution in [1.29, 1.82) is 0 Å². The van der Waals surface area contributed by atoms with Crippen LogP contribution in [0.5, 0.6) is 5.75 Å². The van der Waals surface area contributed by atoms with Crippen LogP contribution in [-0.4, -0.2) is 19.0 Å². The molecule has 4 aliphatic carbocycles. The highest BCUT2D eigenvalue weighted by Gasteiger charge is 2.52. The predicted octanol–water partition coefficient (Wildman–Crippen LogP) is 4.59. The standard InChI is InChI=1S/C26H29NO4/c1-30-23-8-7-17(13-24(28)27-31-25(29)21-5-3-2-4-6-21)12-22(23)26-14-18-9-19(15-26)11-20(10-18)16-26/h2-8,12,18-20H,9-11,13-16H2,1H3,(H,27,28). The van der Waals surface area contributed by atoms with Crippen LogP contribution in [0.25, 0.3) is 0 Å². The predicted molar refractivity (Wildman–Crippen MR) is 117 cm³/mol. The molecule has 0 aromatic heterocycles. The van der Waals surface area contributed by atoms with Gasteiger partial charge in [-0.2, -0.15) is 5.48 Å². The minimum atomic E-state index is -0.571. The lowest BCUT2D eigenvalue weighted by Crippen LogP contribution is -2.48. The van der Waals surface area contributed by atoms with Gasteiger partial charge in [-0.25, -0.2) is 4.79 Å². The maximum atomic E-state index is 12.4. The minimum absolute atomic E-state index is 0.158. The number of carbonyl (C=O) groups excluding carboxylic acids is 2. The van der Waals surface area contributed by atoms with E-state index in [0.29, 0.717) is 5.56 Å². The highest BCUT2D eigenvalue weighted by Crippen LogP contribution is 2.61. The second kappa shape index (κ2) is 8.03. The van der Waals surface area contributed by atoms with Gasteiger partial charge in [-0.05, 0) is 85.5 Å². The van der Waals surface area contributed by atoms with Gasteiger partial charge in [0, 0.05) is 5.56 Å². The Kier molecular flexibility index (Phi) is 5.20. The number of hydroxylamine groups is 1. The van der Waals surface area contributed by atoms with Crippen LogP contribution in [0, 0.1) is 17.8 Å². The summed E-state index contributed by atoms with van der Waals surface area (Å²) in [5.74, 6) is 2.52. The Morgan fingerprint density at radius 2 is 1.61 bits per heavy atom. The maximum absolute atomic E-state index is 12.4. The van der Waals surface area contributed by atoms with E-state index in [2.05, 4.69) is 11.5 Å². The number of benzene rings is 2. The zero-order chi connectivity index (χ0) is 21.4. The molecule has 0 spiro atoms. The summed E-state index contributed by atoms with van der Waals surface area (Å²) in [6, 6.07) is 14.7. The van der Waals surface area contributed by atoms with Crippen LogP contribution in [-0.2, 0) is 21.5 Å². The van der Waals surface area contributed by atoms with Gasteiger partial charge in [-0.15, -0.1) is 0 Å². The zero-order valence-corrected chi connectivity index (χ0v) is 17.9. The second-order valence-corrected chi connectivity index (χ2v) is 9.69. The van der Waals surface area contributed by atoms with Crippen LogP contribution in [0.1, 0.15) is 60.0 Å². The molecular formula is C26H29NO4. The molecule has 4 fully saturated rings. The van der Waals surface area contributed by atoms with Gasteiger partial charge in [0.25, 0.3) is 5.91 Å². The number of ether oxygens (including phenoxy) is 1. The molecular weight excluding hydrogens is 390 g/mol. The van der Waals surface area contributed by atoms with Crippen molar-refractivity contribution < 1.29 is 19.2 Å². The maximum Gasteiger partial charge on any atom is 0.362 e. The van der Waals surface area contributed by atoms with Crippen molar-refractivity contribution in [2.45, 2.75) is 50.4 Å². The van der Waals surface area contributed by atoms with Gasteiger partial charge in [0.15, 0.2) is 0 Å². The summed E-state index contributed by atoms with van der Waals surface area (Å²) in [5, 5.41) is 0. The van der Waals surface area contributed by atoms with Gasteiger partial charge < -0.3 is 9.57 Å². The Morgan fingerprint density at radius 3 is 2.23 bits per heavy atom. The first-order chi connectivity index (χ1) is 15.0. The van der Waals surface area contributed by atoms with Crippen LogP contribution < -0.4 is 10.2 Å². The molecule has 5 heteroatoms. The van der Waals surface area contributed by atoms with E-state index in [9.17, 15) is 9.59 Å². The third-order valence-corrected chi connectivity index (χ3v) is 7.51. The number of hydrogen-bond acceptors (Lipinski definition) is 4. The van der Waals surface area contributed by atoms with Crippen LogP contribution in [0.4, 0.5) is 0 Å². The minimum Gasteiger partial charge on any atom is -0.496 e. The van der Waals surface area contributed by atoms with E-state index >= 15 is 0 Å². The lowest BCUT2D eigenvalue weighted by atomic mass is 9.48. The first kappa shape index (κ1) is 20.1. The third-order valence-electron chi connectivity index (χ3n) is 7.51. The van der Waals surface area contributed by atoms with Crippen LogP contribution >= 0.6 is 0 Å². The van der Waals surface area contributed by atoms with E-state index in [1.54, 1.807) is 31.4 Å². The number of nitrogens with one attached hydrogen (secondary N) is 1. The van der Waals surface area contributed by atoms with Crippen LogP contribution in [0.15, 0.2) is 48.5 Å². The molecule has 1 amide bonds. The van der Waals surface area contributed by atoms with Crippen LogP contribution in [0.3, 0.4) is 0 Å². The molecule has 0 heterocycles. The summed E-state index contributed by atoms with van der Waals surface area (Å²) in [5.41, 5.74) is 5.06. The highest BCUT2D eigenvalue weighted by molar-refractivity contribution is 5.90. The number of methoxy groups -OCH3 is 1. The number of amides is 1. The molecule has 0 saturated heterocycles. The summed E-state index contributed by atoms with van der Waals surface area (Å²) in [7, 11) is 1.73. The molecule has 0 radical (unpaired) electrons. The van der Waals surface area contributed by atoms with Gasteiger partial charge in [-0.1, -0.05) is 30.3 Å². The molecule has 4 bridgehead atoms. The number of hydrogen-bond donors (Lipinski definition) is 1. The SMILES string of the molecule is COc1ccc(CC(=O)NOC(=O)c2ccccc2)cc1C12CC3CC(CC(C3)C1)C2. The Bertz CT molecular complexity index is 949. The topological polar surface area (TPSA) is 64.6 Å². The van der Waals surface area contributed by atoms with E-state index in [-0.39, 0.29) is 17.7 Å². The largest absolute Gasteiger partial charge is 0.496 e. The normalized spacial score (nSPS) is 28.2. The summed E-state index contributed by atoms with van der Waals surface area (Å²) in [4.78, 5) is 29.5. The van der Waals surface area contributed by atoms with Crippen molar-refractivity contribution in [3.63, 3.8) is 0 Å². The number of carbonyl (C=O) groups is 2. The molecule has 5 nitrogen and oxygen atoms in total. The highest BCUT2D eigenvalue weighted by atomic mass is 16.7.